The SMILES string of the molecule is c1ccc2cc(C3=C(CN4CCC[C@@H]4COC[C@H]4CCCN4CC4=C(c5ccc6ccccc6c5)C5CCC4C5)C4CCC3C4)ccc2c1. The molecule has 6 atom stereocenters. The molecule has 0 spiro atoms. The van der Waals surface area contributed by atoms with Gasteiger partial charge in [-0.15, -0.1) is 0 Å². The van der Waals surface area contributed by atoms with Crippen molar-refractivity contribution in [3.63, 3.8) is 0 Å². The summed E-state index contributed by atoms with van der Waals surface area (Å²) in [7, 11) is 0. The summed E-state index contributed by atoms with van der Waals surface area (Å²) >= 11 is 0. The van der Waals surface area contributed by atoms with Gasteiger partial charge in [0, 0.05) is 25.2 Å². The average molecular weight is 649 g/mol. The van der Waals surface area contributed by atoms with Gasteiger partial charge in [0.15, 0.2) is 0 Å². The van der Waals surface area contributed by atoms with Crippen molar-refractivity contribution in [1.29, 1.82) is 0 Å². The van der Waals surface area contributed by atoms with E-state index >= 15 is 0 Å². The zero-order valence-corrected chi connectivity index (χ0v) is 29.2. The lowest BCUT2D eigenvalue weighted by Crippen LogP contribution is -2.39. The number of likely N-dealkylation sites (tertiary alicyclic amines) is 2. The van der Waals surface area contributed by atoms with E-state index in [0.29, 0.717) is 12.1 Å². The Kier molecular flexibility index (Phi) is 8.00. The number of nitrogens with zero attached hydrogens (tertiary/aromatic N) is 2. The van der Waals surface area contributed by atoms with Crippen LogP contribution in [0.3, 0.4) is 0 Å². The van der Waals surface area contributed by atoms with Gasteiger partial charge in [0.1, 0.15) is 0 Å². The fraction of sp³-hybridized carbons (Fsp3) is 0.478. The fourth-order valence-corrected chi connectivity index (χ4v) is 11.4. The summed E-state index contributed by atoms with van der Waals surface area (Å²) in [6.45, 7) is 6.55. The lowest BCUT2D eigenvalue weighted by Gasteiger charge is -2.31. The molecule has 0 amide bonds. The van der Waals surface area contributed by atoms with Crippen LogP contribution < -0.4 is 0 Å². The van der Waals surface area contributed by atoms with Crippen molar-refractivity contribution in [3.8, 4) is 0 Å². The van der Waals surface area contributed by atoms with Crippen molar-refractivity contribution in [1.82, 2.24) is 9.80 Å². The van der Waals surface area contributed by atoms with Crippen LogP contribution in [0.25, 0.3) is 32.7 Å². The Labute approximate surface area is 293 Å². The Morgan fingerprint density at radius 2 is 0.939 bits per heavy atom. The zero-order valence-electron chi connectivity index (χ0n) is 29.2. The average Bonchev–Trinajstić information content (AvgIpc) is 4.00. The number of hydrogen-bond donors (Lipinski definition) is 0. The van der Waals surface area contributed by atoms with Crippen LogP contribution in [-0.2, 0) is 4.74 Å². The van der Waals surface area contributed by atoms with Gasteiger partial charge < -0.3 is 4.74 Å². The van der Waals surface area contributed by atoms with Gasteiger partial charge in [-0.1, -0.05) is 72.8 Å². The molecule has 4 aromatic carbocycles. The summed E-state index contributed by atoms with van der Waals surface area (Å²) in [6.07, 6.45) is 13.5. The third-order valence-electron chi connectivity index (χ3n) is 13.8. The van der Waals surface area contributed by atoms with E-state index in [0.717, 1.165) is 50.0 Å². The smallest absolute Gasteiger partial charge is 0.0622 e. The van der Waals surface area contributed by atoms with Crippen molar-refractivity contribution in [3.05, 3.63) is 107 Å². The second-order valence-electron chi connectivity index (χ2n) is 16.5. The van der Waals surface area contributed by atoms with Gasteiger partial charge >= 0.3 is 0 Å². The second kappa shape index (κ2) is 12.8. The molecule has 252 valence electrons. The molecule has 2 saturated heterocycles. The van der Waals surface area contributed by atoms with Crippen LogP contribution in [0.1, 0.15) is 75.3 Å². The first-order valence-electron chi connectivity index (χ1n) is 19.8. The normalized spacial score (nSPS) is 30.0. The summed E-state index contributed by atoms with van der Waals surface area (Å²) in [5.41, 5.74) is 9.91. The van der Waals surface area contributed by atoms with E-state index in [4.69, 9.17) is 4.74 Å². The lowest BCUT2D eigenvalue weighted by molar-refractivity contribution is 0.0460. The minimum atomic E-state index is 0.562. The molecule has 2 aliphatic heterocycles. The summed E-state index contributed by atoms with van der Waals surface area (Å²) in [5.74, 6) is 3.11. The molecule has 0 N–H and O–H groups in total. The van der Waals surface area contributed by atoms with E-state index in [9.17, 15) is 0 Å². The molecule has 4 unspecified atom stereocenters. The van der Waals surface area contributed by atoms with E-state index in [1.807, 2.05) is 0 Å². The molecule has 4 aromatic rings. The number of benzene rings is 4. The first-order valence-corrected chi connectivity index (χ1v) is 19.8. The van der Waals surface area contributed by atoms with Crippen LogP contribution in [0.2, 0.25) is 0 Å². The van der Waals surface area contributed by atoms with E-state index in [1.54, 1.807) is 22.3 Å². The van der Waals surface area contributed by atoms with Gasteiger partial charge in [-0.2, -0.15) is 0 Å². The van der Waals surface area contributed by atoms with Crippen LogP contribution in [0.5, 0.6) is 0 Å². The van der Waals surface area contributed by atoms with Gasteiger partial charge in [-0.05, 0) is 168 Å². The highest BCUT2D eigenvalue weighted by atomic mass is 16.5. The fourth-order valence-electron chi connectivity index (χ4n) is 11.4. The van der Waals surface area contributed by atoms with Crippen LogP contribution in [0.15, 0.2) is 96.1 Å². The predicted molar refractivity (Wildman–Crippen MR) is 203 cm³/mol. The van der Waals surface area contributed by atoms with Crippen molar-refractivity contribution >= 4 is 32.7 Å². The van der Waals surface area contributed by atoms with Crippen LogP contribution >= 0.6 is 0 Å². The number of allylic oxidation sites excluding steroid dienone is 2. The van der Waals surface area contributed by atoms with E-state index < -0.39 is 0 Å². The molecule has 4 aliphatic carbocycles. The third kappa shape index (κ3) is 5.61. The highest BCUT2D eigenvalue weighted by Crippen LogP contribution is 2.54. The maximum absolute atomic E-state index is 6.72. The number of ether oxygens (including phenoxy) is 1. The second-order valence-corrected chi connectivity index (χ2v) is 16.5. The third-order valence-corrected chi connectivity index (χ3v) is 13.8. The molecular formula is C46H52N2O. The minimum absolute atomic E-state index is 0.562. The van der Waals surface area contributed by atoms with E-state index in [2.05, 4.69) is 94.7 Å². The Morgan fingerprint density at radius 1 is 0.490 bits per heavy atom. The quantitative estimate of drug-likeness (QED) is 0.170. The van der Waals surface area contributed by atoms with Crippen LogP contribution in [0.4, 0.5) is 0 Å². The van der Waals surface area contributed by atoms with Gasteiger partial charge in [-0.25, -0.2) is 0 Å². The monoisotopic (exact) mass is 648 g/mol. The van der Waals surface area contributed by atoms with Crippen molar-refractivity contribution in [2.75, 3.05) is 39.4 Å². The van der Waals surface area contributed by atoms with Crippen molar-refractivity contribution < 1.29 is 4.74 Å². The van der Waals surface area contributed by atoms with E-state index in [1.165, 1.54) is 110 Å². The standard InChI is InChI=1S/C46H52N2O/c1-3-9-33-23-37(17-13-31(33)7-1)45-39-19-15-35(25-39)43(45)27-47-21-5-11-41(47)29-49-30-42-12-6-22-48(42)28-44-36-16-20-40(26-36)46(44)38-18-14-32-8-2-4-10-34(32)24-38/h1-4,7-10,13-14,17-18,23-24,35-36,39-42H,5-6,11-12,15-16,19-22,25-30H2/t35?,36?,39?,40?,41-,42-/m1/s1. The molecule has 2 saturated carbocycles. The summed E-state index contributed by atoms with van der Waals surface area (Å²) in [5, 5.41) is 5.47. The maximum atomic E-state index is 6.72. The summed E-state index contributed by atoms with van der Waals surface area (Å²) in [6, 6.07) is 33.3. The lowest BCUT2D eigenvalue weighted by atomic mass is 9.86. The highest BCUT2D eigenvalue weighted by Gasteiger charge is 2.42. The van der Waals surface area contributed by atoms with Crippen molar-refractivity contribution in [2.24, 2.45) is 23.7 Å². The van der Waals surface area contributed by atoms with Gasteiger partial charge in [0.05, 0.1) is 13.2 Å². The van der Waals surface area contributed by atoms with E-state index in [-0.39, 0.29) is 0 Å². The number of fused-ring (bicyclic) bond motifs is 6. The Balaban J connectivity index is 0.813. The molecule has 0 aromatic heterocycles. The molecule has 3 heteroatoms. The number of hydrogen-bond acceptors (Lipinski definition) is 3. The van der Waals surface area contributed by atoms with Crippen LogP contribution in [0, 0.1) is 23.7 Å². The molecular weight excluding hydrogens is 597 g/mol. The first kappa shape index (κ1) is 30.6. The minimum Gasteiger partial charge on any atom is -0.378 e. The van der Waals surface area contributed by atoms with Gasteiger partial charge in [0.2, 0.25) is 0 Å². The highest BCUT2D eigenvalue weighted by molar-refractivity contribution is 5.89. The Hall–Kier alpha value is -3.24. The molecule has 2 heterocycles. The molecule has 10 rings (SSSR count). The largest absolute Gasteiger partial charge is 0.378 e. The molecule has 6 aliphatic rings. The Morgan fingerprint density at radius 3 is 1.43 bits per heavy atom. The molecule has 49 heavy (non-hydrogen) atoms. The summed E-state index contributed by atoms with van der Waals surface area (Å²) < 4.78 is 6.72. The zero-order chi connectivity index (χ0) is 32.3. The molecule has 3 nitrogen and oxygen atoms in total. The van der Waals surface area contributed by atoms with Gasteiger partial charge in [-0.3, -0.25) is 9.80 Å². The predicted octanol–water partition coefficient (Wildman–Crippen LogP) is 10.0. The molecule has 4 fully saturated rings. The Bertz CT molecular complexity index is 1800. The summed E-state index contributed by atoms with van der Waals surface area (Å²) in [4.78, 5) is 5.61. The number of rotatable bonds is 10. The topological polar surface area (TPSA) is 15.7 Å². The molecule has 4 bridgehead atoms. The molecule has 0 radical (unpaired) electrons. The maximum Gasteiger partial charge on any atom is 0.0622 e. The van der Waals surface area contributed by atoms with Gasteiger partial charge in [0.25, 0.3) is 0 Å². The van der Waals surface area contributed by atoms with Crippen LogP contribution in [-0.4, -0.2) is 61.3 Å². The van der Waals surface area contributed by atoms with Crippen molar-refractivity contribution in [2.45, 2.75) is 76.3 Å². The first-order chi connectivity index (χ1) is 24.2.